The van der Waals surface area contributed by atoms with Crippen molar-refractivity contribution in [1.82, 2.24) is 4.90 Å². The maximum atomic E-state index is 11.5. The second-order valence-electron chi connectivity index (χ2n) is 3.93. The van der Waals surface area contributed by atoms with Crippen molar-refractivity contribution in [1.29, 1.82) is 0 Å². The molecule has 0 radical (unpaired) electrons. The first-order chi connectivity index (χ1) is 7.58. The van der Waals surface area contributed by atoms with Crippen molar-refractivity contribution in [2.45, 2.75) is 32.4 Å². The van der Waals surface area contributed by atoms with E-state index < -0.39 is 12.0 Å². The van der Waals surface area contributed by atoms with Crippen LogP contribution in [0.25, 0.3) is 0 Å². The third kappa shape index (κ3) is 1.93. The molecule has 1 N–H and O–H groups in total. The largest absolute Gasteiger partial charge is 0.480 e. The Morgan fingerprint density at radius 2 is 2.38 bits per heavy atom. The summed E-state index contributed by atoms with van der Waals surface area (Å²) in [5.74, 6) is 0.308. The molecule has 2 heterocycles. The summed E-state index contributed by atoms with van der Waals surface area (Å²) >= 11 is 0. The molecule has 16 heavy (non-hydrogen) atoms. The molecule has 1 saturated heterocycles. The minimum absolute atomic E-state index is 0.124. The van der Waals surface area contributed by atoms with Gasteiger partial charge in [0.15, 0.2) is 0 Å². The summed E-state index contributed by atoms with van der Waals surface area (Å²) in [7, 11) is 0. The smallest absolute Gasteiger partial charge is 0.326 e. The van der Waals surface area contributed by atoms with Crippen molar-refractivity contribution >= 4 is 11.9 Å². The summed E-state index contributed by atoms with van der Waals surface area (Å²) in [6, 6.07) is 2.85. The Balaban J connectivity index is 2.12. The molecule has 86 valence electrons. The zero-order valence-corrected chi connectivity index (χ0v) is 8.97. The van der Waals surface area contributed by atoms with Gasteiger partial charge in [-0.3, -0.25) is 4.79 Å². The SMILES string of the molecule is Cc1ccc(CN2C(=O)CC[C@H]2C(=O)O)o1. The van der Waals surface area contributed by atoms with Crippen LogP contribution in [-0.2, 0) is 16.1 Å². The molecule has 1 aromatic heterocycles. The zero-order chi connectivity index (χ0) is 11.7. The minimum Gasteiger partial charge on any atom is -0.480 e. The van der Waals surface area contributed by atoms with Gasteiger partial charge >= 0.3 is 5.97 Å². The van der Waals surface area contributed by atoms with Crippen LogP contribution in [-0.4, -0.2) is 27.9 Å². The van der Waals surface area contributed by atoms with Gasteiger partial charge in [-0.05, 0) is 25.5 Å². The Morgan fingerprint density at radius 1 is 1.62 bits per heavy atom. The normalized spacial score (nSPS) is 20.4. The van der Waals surface area contributed by atoms with Gasteiger partial charge in [-0.25, -0.2) is 4.79 Å². The Labute approximate surface area is 92.7 Å². The number of carbonyl (C=O) groups is 2. The van der Waals surface area contributed by atoms with E-state index in [1.807, 2.05) is 6.92 Å². The van der Waals surface area contributed by atoms with Crippen molar-refractivity contribution in [3.63, 3.8) is 0 Å². The number of carbonyl (C=O) groups excluding carboxylic acids is 1. The number of likely N-dealkylation sites (tertiary alicyclic amines) is 1. The van der Waals surface area contributed by atoms with Crippen LogP contribution >= 0.6 is 0 Å². The minimum atomic E-state index is -0.950. The summed E-state index contributed by atoms with van der Waals surface area (Å²) in [6.45, 7) is 2.05. The number of hydrogen-bond donors (Lipinski definition) is 1. The van der Waals surface area contributed by atoms with Gasteiger partial charge < -0.3 is 14.4 Å². The second-order valence-corrected chi connectivity index (χ2v) is 3.93. The first-order valence-corrected chi connectivity index (χ1v) is 5.15. The highest BCUT2D eigenvalue weighted by atomic mass is 16.4. The van der Waals surface area contributed by atoms with E-state index in [0.29, 0.717) is 18.6 Å². The second kappa shape index (κ2) is 4.00. The third-order valence-electron chi connectivity index (χ3n) is 2.74. The molecule has 1 aliphatic heterocycles. The Kier molecular flexibility index (Phi) is 2.68. The van der Waals surface area contributed by atoms with Crippen molar-refractivity contribution in [3.05, 3.63) is 23.7 Å². The topological polar surface area (TPSA) is 70.8 Å². The van der Waals surface area contributed by atoms with E-state index in [1.54, 1.807) is 12.1 Å². The molecule has 1 aliphatic rings. The van der Waals surface area contributed by atoms with Crippen LogP contribution in [0.15, 0.2) is 16.5 Å². The number of furan rings is 1. The van der Waals surface area contributed by atoms with Crippen molar-refractivity contribution in [2.75, 3.05) is 0 Å². The molecular formula is C11H13NO4. The first-order valence-electron chi connectivity index (χ1n) is 5.15. The van der Waals surface area contributed by atoms with E-state index >= 15 is 0 Å². The highest BCUT2D eigenvalue weighted by Crippen LogP contribution is 2.22. The van der Waals surface area contributed by atoms with Crippen molar-refractivity contribution in [2.24, 2.45) is 0 Å². The van der Waals surface area contributed by atoms with Crippen LogP contribution in [0.3, 0.4) is 0 Å². The van der Waals surface area contributed by atoms with E-state index in [2.05, 4.69) is 0 Å². The van der Waals surface area contributed by atoms with Crippen molar-refractivity contribution in [3.8, 4) is 0 Å². The predicted octanol–water partition coefficient (Wildman–Crippen LogP) is 1.16. The Bertz CT molecular complexity index is 423. The van der Waals surface area contributed by atoms with Crippen LogP contribution in [0.1, 0.15) is 24.4 Å². The number of carboxylic acids is 1. The van der Waals surface area contributed by atoms with E-state index in [-0.39, 0.29) is 12.5 Å². The summed E-state index contributed by atoms with van der Waals surface area (Å²) < 4.78 is 5.34. The molecule has 1 aromatic rings. The van der Waals surface area contributed by atoms with Crippen LogP contribution in [0, 0.1) is 6.92 Å². The zero-order valence-electron chi connectivity index (χ0n) is 8.97. The summed E-state index contributed by atoms with van der Waals surface area (Å²) in [4.78, 5) is 23.8. The molecule has 0 saturated carbocycles. The summed E-state index contributed by atoms with van der Waals surface area (Å²) in [5, 5.41) is 8.96. The number of aryl methyl sites for hydroxylation is 1. The molecular weight excluding hydrogens is 210 g/mol. The average molecular weight is 223 g/mol. The summed E-state index contributed by atoms with van der Waals surface area (Å²) in [6.07, 6.45) is 0.685. The lowest BCUT2D eigenvalue weighted by Crippen LogP contribution is -2.37. The monoisotopic (exact) mass is 223 g/mol. The number of nitrogens with zero attached hydrogens (tertiary/aromatic N) is 1. The van der Waals surface area contributed by atoms with E-state index in [0.717, 1.165) is 5.76 Å². The van der Waals surface area contributed by atoms with Gasteiger partial charge in [-0.15, -0.1) is 0 Å². The number of hydrogen-bond acceptors (Lipinski definition) is 3. The predicted molar refractivity (Wildman–Crippen MR) is 54.7 cm³/mol. The lowest BCUT2D eigenvalue weighted by Gasteiger charge is -2.20. The molecule has 1 amide bonds. The number of aliphatic carboxylic acids is 1. The van der Waals surface area contributed by atoms with Gasteiger partial charge in [-0.2, -0.15) is 0 Å². The fourth-order valence-corrected chi connectivity index (χ4v) is 1.93. The average Bonchev–Trinajstić information content (AvgIpc) is 2.76. The van der Waals surface area contributed by atoms with E-state index in [4.69, 9.17) is 9.52 Å². The van der Waals surface area contributed by atoms with Gasteiger partial charge in [0.05, 0.1) is 6.54 Å². The molecule has 0 bridgehead atoms. The number of rotatable bonds is 3. The van der Waals surface area contributed by atoms with Gasteiger partial charge in [0, 0.05) is 6.42 Å². The fourth-order valence-electron chi connectivity index (χ4n) is 1.93. The summed E-state index contributed by atoms with van der Waals surface area (Å²) in [5.41, 5.74) is 0. The van der Waals surface area contributed by atoms with Crippen LogP contribution in [0.4, 0.5) is 0 Å². The Hall–Kier alpha value is -1.78. The molecule has 2 rings (SSSR count). The molecule has 0 aliphatic carbocycles. The van der Waals surface area contributed by atoms with Gasteiger partial charge in [0.2, 0.25) is 5.91 Å². The maximum absolute atomic E-state index is 11.5. The standard InChI is InChI=1S/C11H13NO4/c1-7-2-3-8(16-7)6-12-9(11(14)15)4-5-10(12)13/h2-3,9H,4-6H2,1H3,(H,14,15)/t9-/m0/s1. The lowest BCUT2D eigenvalue weighted by molar-refractivity contribution is -0.146. The van der Waals surface area contributed by atoms with Crippen LogP contribution in [0.5, 0.6) is 0 Å². The molecule has 1 atom stereocenters. The lowest BCUT2D eigenvalue weighted by atomic mass is 10.2. The first kappa shape index (κ1) is 10.7. The third-order valence-corrected chi connectivity index (χ3v) is 2.74. The van der Waals surface area contributed by atoms with E-state index in [9.17, 15) is 9.59 Å². The van der Waals surface area contributed by atoms with Crippen LogP contribution < -0.4 is 0 Å². The van der Waals surface area contributed by atoms with Crippen LogP contribution in [0.2, 0.25) is 0 Å². The van der Waals surface area contributed by atoms with Gasteiger partial charge in [0.1, 0.15) is 17.6 Å². The molecule has 1 fully saturated rings. The number of carboxylic acid groups (broad SMARTS) is 1. The Morgan fingerprint density at radius 3 is 2.94 bits per heavy atom. The molecule has 0 unspecified atom stereocenters. The fraction of sp³-hybridized carbons (Fsp3) is 0.455. The highest BCUT2D eigenvalue weighted by molar-refractivity contribution is 5.87. The quantitative estimate of drug-likeness (QED) is 0.834. The molecule has 5 heteroatoms. The van der Waals surface area contributed by atoms with Gasteiger partial charge in [0.25, 0.3) is 0 Å². The van der Waals surface area contributed by atoms with Gasteiger partial charge in [-0.1, -0.05) is 0 Å². The maximum Gasteiger partial charge on any atom is 0.326 e. The highest BCUT2D eigenvalue weighted by Gasteiger charge is 2.36. The molecule has 0 spiro atoms. The number of amides is 1. The molecule has 0 aromatic carbocycles. The van der Waals surface area contributed by atoms with E-state index in [1.165, 1.54) is 4.90 Å². The molecule has 5 nitrogen and oxygen atoms in total. The van der Waals surface area contributed by atoms with Crippen molar-refractivity contribution < 1.29 is 19.1 Å².